The minimum absolute atomic E-state index is 0. The second kappa shape index (κ2) is 10.5. The van der Waals surface area contributed by atoms with Gasteiger partial charge in [0.2, 0.25) is 5.91 Å². The molecule has 1 aromatic rings. The second-order valence-corrected chi connectivity index (χ2v) is 5.54. The van der Waals surface area contributed by atoms with Crippen LogP contribution in [0.4, 0.5) is 0 Å². The Bertz CT molecular complexity index is 533. The highest BCUT2D eigenvalue weighted by Gasteiger charge is 2.20. The van der Waals surface area contributed by atoms with Crippen molar-refractivity contribution in [1.82, 2.24) is 15.5 Å². The minimum Gasteiger partial charge on any atom is -0.356 e. The third-order valence-electron chi connectivity index (χ3n) is 3.86. The lowest BCUT2D eigenvalue weighted by atomic mass is 10.1. The van der Waals surface area contributed by atoms with Crippen LogP contribution in [0.5, 0.6) is 0 Å². The van der Waals surface area contributed by atoms with E-state index >= 15 is 0 Å². The Balaban J connectivity index is 0.00000264. The number of guanidine groups is 1. The van der Waals surface area contributed by atoms with Crippen molar-refractivity contribution in [3.05, 3.63) is 35.4 Å². The SMILES string of the molecule is CCCNC(=NC)NCc1ccccc1CN1CCCC1=O.I. The number of halogens is 1. The van der Waals surface area contributed by atoms with Crippen LogP contribution >= 0.6 is 24.0 Å². The monoisotopic (exact) mass is 430 g/mol. The summed E-state index contributed by atoms with van der Waals surface area (Å²) in [6, 6.07) is 8.28. The standard InChI is InChI=1S/C17H26N4O.HI/c1-3-10-19-17(18-2)20-12-14-7-4-5-8-15(14)13-21-11-6-9-16(21)22;/h4-5,7-8H,3,6,9-13H2,1-2H3,(H2,18,19,20);1H. The average Bonchev–Trinajstić information content (AvgIpc) is 2.94. The van der Waals surface area contributed by atoms with Crippen molar-refractivity contribution in [2.75, 3.05) is 20.1 Å². The number of hydrogen-bond acceptors (Lipinski definition) is 2. The molecule has 0 bridgehead atoms. The minimum atomic E-state index is 0. The van der Waals surface area contributed by atoms with Crippen LogP contribution < -0.4 is 10.6 Å². The molecule has 6 heteroatoms. The molecule has 1 aliphatic rings. The van der Waals surface area contributed by atoms with Gasteiger partial charge < -0.3 is 15.5 Å². The number of likely N-dealkylation sites (tertiary alicyclic amines) is 1. The van der Waals surface area contributed by atoms with Crippen LogP contribution in [0, 0.1) is 0 Å². The first kappa shape index (κ1) is 19.7. The number of benzene rings is 1. The molecule has 1 amide bonds. The molecule has 0 aromatic heterocycles. The molecule has 0 saturated carbocycles. The Morgan fingerprint density at radius 2 is 2.00 bits per heavy atom. The summed E-state index contributed by atoms with van der Waals surface area (Å²) in [5, 5.41) is 6.60. The molecule has 0 aliphatic carbocycles. The molecule has 1 heterocycles. The summed E-state index contributed by atoms with van der Waals surface area (Å²) in [5.74, 6) is 1.08. The van der Waals surface area contributed by atoms with Crippen LogP contribution in [0.1, 0.15) is 37.3 Å². The number of nitrogens with zero attached hydrogens (tertiary/aromatic N) is 2. The van der Waals surface area contributed by atoms with E-state index in [4.69, 9.17) is 0 Å². The Kier molecular flexibility index (Phi) is 8.98. The molecule has 0 spiro atoms. The number of carbonyl (C=O) groups is 1. The maximum Gasteiger partial charge on any atom is 0.222 e. The molecule has 2 rings (SSSR count). The average molecular weight is 430 g/mol. The summed E-state index contributed by atoms with van der Waals surface area (Å²) in [4.78, 5) is 18.0. The van der Waals surface area contributed by atoms with Crippen LogP contribution in [-0.2, 0) is 17.9 Å². The van der Waals surface area contributed by atoms with Crippen molar-refractivity contribution in [3.8, 4) is 0 Å². The molecule has 1 aliphatic heterocycles. The zero-order valence-corrected chi connectivity index (χ0v) is 16.3. The smallest absolute Gasteiger partial charge is 0.222 e. The van der Waals surface area contributed by atoms with E-state index in [0.29, 0.717) is 19.5 Å². The Morgan fingerprint density at radius 1 is 1.26 bits per heavy atom. The molecular formula is C17H27IN4O. The van der Waals surface area contributed by atoms with E-state index in [0.717, 1.165) is 31.9 Å². The van der Waals surface area contributed by atoms with Crippen LogP contribution in [0.2, 0.25) is 0 Å². The van der Waals surface area contributed by atoms with Crippen molar-refractivity contribution < 1.29 is 4.79 Å². The molecule has 1 fully saturated rings. The van der Waals surface area contributed by atoms with Gasteiger partial charge >= 0.3 is 0 Å². The van der Waals surface area contributed by atoms with E-state index in [1.807, 2.05) is 17.0 Å². The summed E-state index contributed by atoms with van der Waals surface area (Å²) in [6.07, 6.45) is 2.73. The van der Waals surface area contributed by atoms with Gasteiger partial charge in [-0.05, 0) is 24.0 Å². The molecular weight excluding hydrogens is 403 g/mol. The normalized spacial score (nSPS) is 14.6. The lowest BCUT2D eigenvalue weighted by Gasteiger charge is -2.19. The second-order valence-electron chi connectivity index (χ2n) is 5.54. The predicted octanol–water partition coefficient (Wildman–Crippen LogP) is 2.50. The molecule has 0 atom stereocenters. The van der Waals surface area contributed by atoms with Gasteiger partial charge in [0.1, 0.15) is 0 Å². The highest BCUT2D eigenvalue weighted by atomic mass is 127. The van der Waals surface area contributed by atoms with Gasteiger partial charge in [-0.2, -0.15) is 0 Å². The van der Waals surface area contributed by atoms with Gasteiger partial charge in [-0.25, -0.2) is 0 Å². The Hall–Kier alpha value is -1.31. The van der Waals surface area contributed by atoms with Crippen LogP contribution in [-0.4, -0.2) is 36.9 Å². The van der Waals surface area contributed by atoms with Crippen LogP contribution in [0.25, 0.3) is 0 Å². The quantitative estimate of drug-likeness (QED) is 0.414. The number of carbonyl (C=O) groups excluding carboxylic acids is 1. The van der Waals surface area contributed by atoms with E-state index in [9.17, 15) is 4.79 Å². The number of nitrogens with one attached hydrogen (secondary N) is 2. The largest absolute Gasteiger partial charge is 0.356 e. The van der Waals surface area contributed by atoms with Crippen molar-refractivity contribution >= 4 is 35.8 Å². The fraction of sp³-hybridized carbons (Fsp3) is 0.529. The highest BCUT2D eigenvalue weighted by molar-refractivity contribution is 14.0. The molecule has 2 N–H and O–H groups in total. The maximum atomic E-state index is 11.8. The van der Waals surface area contributed by atoms with Gasteiger partial charge in [-0.15, -0.1) is 24.0 Å². The third-order valence-corrected chi connectivity index (χ3v) is 3.86. The van der Waals surface area contributed by atoms with Gasteiger partial charge in [0, 0.05) is 39.6 Å². The lowest BCUT2D eigenvalue weighted by Crippen LogP contribution is -2.37. The number of rotatable bonds is 6. The summed E-state index contributed by atoms with van der Waals surface area (Å²) in [6.45, 7) is 5.33. The lowest BCUT2D eigenvalue weighted by molar-refractivity contribution is -0.128. The third kappa shape index (κ3) is 6.01. The van der Waals surface area contributed by atoms with Gasteiger partial charge in [0.05, 0.1) is 0 Å². The van der Waals surface area contributed by atoms with E-state index < -0.39 is 0 Å². The summed E-state index contributed by atoms with van der Waals surface area (Å²) >= 11 is 0. The predicted molar refractivity (Wildman–Crippen MR) is 105 cm³/mol. The van der Waals surface area contributed by atoms with Crippen molar-refractivity contribution in [1.29, 1.82) is 0 Å². The van der Waals surface area contributed by atoms with Crippen LogP contribution in [0.3, 0.4) is 0 Å². The highest BCUT2D eigenvalue weighted by Crippen LogP contribution is 2.17. The molecule has 5 nitrogen and oxygen atoms in total. The fourth-order valence-corrected chi connectivity index (χ4v) is 2.60. The van der Waals surface area contributed by atoms with Crippen molar-refractivity contribution in [3.63, 3.8) is 0 Å². The number of amides is 1. The molecule has 1 aromatic carbocycles. The van der Waals surface area contributed by atoms with Crippen LogP contribution in [0.15, 0.2) is 29.3 Å². The first-order valence-corrected chi connectivity index (χ1v) is 8.03. The van der Waals surface area contributed by atoms with Crippen molar-refractivity contribution in [2.24, 2.45) is 4.99 Å². The molecule has 0 unspecified atom stereocenters. The molecule has 1 saturated heterocycles. The number of aliphatic imine (C=N–C) groups is 1. The Labute approximate surface area is 156 Å². The van der Waals surface area contributed by atoms with Gasteiger partial charge in [-0.1, -0.05) is 31.2 Å². The van der Waals surface area contributed by atoms with E-state index in [-0.39, 0.29) is 29.9 Å². The zero-order chi connectivity index (χ0) is 15.8. The maximum absolute atomic E-state index is 11.8. The van der Waals surface area contributed by atoms with Gasteiger partial charge in [-0.3, -0.25) is 9.79 Å². The molecule has 128 valence electrons. The van der Waals surface area contributed by atoms with E-state index in [1.54, 1.807) is 7.05 Å². The summed E-state index contributed by atoms with van der Waals surface area (Å²) < 4.78 is 0. The van der Waals surface area contributed by atoms with E-state index in [2.05, 4.69) is 34.7 Å². The summed E-state index contributed by atoms with van der Waals surface area (Å²) in [7, 11) is 1.78. The zero-order valence-electron chi connectivity index (χ0n) is 14.0. The first-order valence-electron chi connectivity index (χ1n) is 8.03. The van der Waals surface area contributed by atoms with Gasteiger partial charge in [0.25, 0.3) is 0 Å². The first-order chi connectivity index (χ1) is 10.7. The van der Waals surface area contributed by atoms with E-state index in [1.165, 1.54) is 11.1 Å². The van der Waals surface area contributed by atoms with Crippen molar-refractivity contribution in [2.45, 2.75) is 39.3 Å². The summed E-state index contributed by atoms with van der Waals surface area (Å²) in [5.41, 5.74) is 2.41. The Morgan fingerprint density at radius 3 is 2.61 bits per heavy atom. The molecule has 23 heavy (non-hydrogen) atoms. The topological polar surface area (TPSA) is 56.7 Å². The molecule has 0 radical (unpaired) electrons. The van der Waals surface area contributed by atoms with Gasteiger partial charge in [0.15, 0.2) is 5.96 Å². The fourth-order valence-electron chi connectivity index (χ4n) is 2.60. The number of hydrogen-bond donors (Lipinski definition) is 2.